The summed E-state index contributed by atoms with van der Waals surface area (Å²) >= 11 is 0. The molecule has 0 spiro atoms. The number of hydrogen-bond acceptors (Lipinski definition) is 3. The van der Waals surface area contributed by atoms with Gasteiger partial charge in [0.15, 0.2) is 0 Å². The molecule has 0 unspecified atom stereocenters. The number of imidazole rings is 1. The molecule has 0 aliphatic rings. The fourth-order valence-electron chi connectivity index (χ4n) is 1.84. The summed E-state index contributed by atoms with van der Waals surface area (Å²) in [5.74, 6) is -2.25. The molecule has 19 heavy (non-hydrogen) atoms. The van der Waals surface area contributed by atoms with Gasteiger partial charge in [-0.3, -0.25) is 9.59 Å². The lowest BCUT2D eigenvalue weighted by atomic mass is 10.1. The Kier molecular flexibility index (Phi) is 3.46. The normalized spacial score (nSPS) is 10.6. The number of likely N-dealkylation sites (N-methyl/N-ethyl adjacent to an activating group) is 1. The molecular formula is C12H12FN3O3. The van der Waals surface area contributed by atoms with E-state index in [-0.39, 0.29) is 12.1 Å². The number of carboxylic acid groups (broad SMARTS) is 1. The van der Waals surface area contributed by atoms with Crippen LogP contribution in [-0.2, 0) is 4.79 Å². The minimum atomic E-state index is -1.12. The molecule has 1 aromatic heterocycles. The summed E-state index contributed by atoms with van der Waals surface area (Å²) in [7, 11) is 0. The lowest BCUT2D eigenvalue weighted by Crippen LogP contribution is -2.35. The number of nitrogens with one attached hydrogen (secondary N) is 1. The summed E-state index contributed by atoms with van der Waals surface area (Å²) in [5.41, 5.74) is 0.782. The van der Waals surface area contributed by atoms with Crippen LogP contribution in [0.1, 0.15) is 17.3 Å². The van der Waals surface area contributed by atoms with E-state index in [1.165, 1.54) is 12.4 Å². The third kappa shape index (κ3) is 2.54. The number of carbonyl (C=O) groups is 2. The van der Waals surface area contributed by atoms with Crippen LogP contribution in [0.4, 0.5) is 4.39 Å². The van der Waals surface area contributed by atoms with Crippen molar-refractivity contribution in [3.05, 3.63) is 29.8 Å². The van der Waals surface area contributed by atoms with E-state index in [1.807, 2.05) is 0 Å². The van der Waals surface area contributed by atoms with Crippen LogP contribution in [0.15, 0.2) is 18.5 Å². The molecule has 2 aromatic rings. The minimum absolute atomic E-state index is 0.0550. The van der Waals surface area contributed by atoms with Gasteiger partial charge in [0.1, 0.15) is 17.9 Å². The third-order valence-electron chi connectivity index (χ3n) is 2.71. The molecule has 100 valence electrons. The summed E-state index contributed by atoms with van der Waals surface area (Å²) in [6, 6.07) is 2.29. The maximum Gasteiger partial charge on any atom is 0.323 e. The van der Waals surface area contributed by atoms with Gasteiger partial charge in [-0.2, -0.15) is 0 Å². The lowest BCUT2D eigenvalue weighted by molar-refractivity contribution is -0.137. The number of aromatic amines is 1. The van der Waals surface area contributed by atoms with E-state index in [0.29, 0.717) is 11.0 Å². The first kappa shape index (κ1) is 13.0. The molecule has 0 aliphatic heterocycles. The Morgan fingerprint density at radius 1 is 1.47 bits per heavy atom. The van der Waals surface area contributed by atoms with Gasteiger partial charge in [0.05, 0.1) is 17.4 Å². The Morgan fingerprint density at radius 3 is 2.84 bits per heavy atom. The number of fused-ring (bicyclic) bond motifs is 1. The summed E-state index contributed by atoms with van der Waals surface area (Å²) in [4.78, 5) is 30.7. The number of halogens is 1. The van der Waals surface area contributed by atoms with E-state index in [1.54, 1.807) is 6.92 Å². The quantitative estimate of drug-likeness (QED) is 0.871. The number of aliphatic carboxylic acids is 1. The highest BCUT2D eigenvalue weighted by Gasteiger charge is 2.21. The van der Waals surface area contributed by atoms with Crippen LogP contribution in [0.2, 0.25) is 0 Å². The summed E-state index contributed by atoms with van der Waals surface area (Å²) < 4.78 is 13.4. The van der Waals surface area contributed by atoms with Gasteiger partial charge in [0.25, 0.3) is 5.91 Å². The van der Waals surface area contributed by atoms with Gasteiger partial charge in [-0.05, 0) is 19.1 Å². The molecule has 7 heteroatoms. The van der Waals surface area contributed by atoms with Gasteiger partial charge in [0.2, 0.25) is 0 Å². The molecule has 1 amide bonds. The van der Waals surface area contributed by atoms with Crippen molar-refractivity contribution in [3.63, 3.8) is 0 Å². The fourth-order valence-corrected chi connectivity index (χ4v) is 1.84. The number of aromatic nitrogens is 2. The molecule has 0 radical (unpaired) electrons. The highest BCUT2D eigenvalue weighted by molar-refractivity contribution is 6.05. The van der Waals surface area contributed by atoms with Crippen LogP contribution >= 0.6 is 0 Å². The van der Waals surface area contributed by atoms with E-state index in [0.717, 1.165) is 11.0 Å². The Morgan fingerprint density at radius 2 is 2.21 bits per heavy atom. The Labute approximate surface area is 107 Å². The Bertz CT molecular complexity index is 638. The highest BCUT2D eigenvalue weighted by Crippen LogP contribution is 2.18. The van der Waals surface area contributed by atoms with Crippen molar-refractivity contribution in [2.45, 2.75) is 6.92 Å². The number of carboxylic acids is 1. The van der Waals surface area contributed by atoms with Gasteiger partial charge in [0, 0.05) is 6.54 Å². The second-order valence-corrected chi connectivity index (χ2v) is 3.97. The van der Waals surface area contributed by atoms with Gasteiger partial charge in [-0.25, -0.2) is 9.37 Å². The number of hydrogen-bond donors (Lipinski definition) is 2. The number of amides is 1. The molecule has 1 aromatic carbocycles. The highest BCUT2D eigenvalue weighted by atomic mass is 19.1. The Hall–Kier alpha value is -2.44. The first-order valence-electron chi connectivity index (χ1n) is 5.66. The molecular weight excluding hydrogens is 253 g/mol. The number of nitrogens with zero attached hydrogens (tertiary/aromatic N) is 2. The number of carbonyl (C=O) groups excluding carboxylic acids is 1. The fraction of sp³-hybridized carbons (Fsp3) is 0.250. The molecule has 2 N–H and O–H groups in total. The van der Waals surface area contributed by atoms with Crippen LogP contribution in [0.25, 0.3) is 11.0 Å². The van der Waals surface area contributed by atoms with Crippen LogP contribution in [0, 0.1) is 5.82 Å². The van der Waals surface area contributed by atoms with Crippen molar-refractivity contribution < 1.29 is 19.1 Å². The first-order chi connectivity index (χ1) is 9.02. The topological polar surface area (TPSA) is 86.3 Å². The van der Waals surface area contributed by atoms with Crippen LogP contribution in [-0.4, -0.2) is 44.9 Å². The van der Waals surface area contributed by atoms with E-state index >= 15 is 0 Å². The van der Waals surface area contributed by atoms with Crippen LogP contribution < -0.4 is 0 Å². The maximum absolute atomic E-state index is 13.4. The summed E-state index contributed by atoms with van der Waals surface area (Å²) in [5, 5.41) is 8.75. The van der Waals surface area contributed by atoms with Gasteiger partial charge >= 0.3 is 5.97 Å². The number of rotatable bonds is 4. The van der Waals surface area contributed by atoms with E-state index in [9.17, 15) is 14.0 Å². The van der Waals surface area contributed by atoms with Crippen molar-refractivity contribution in [1.82, 2.24) is 14.9 Å². The summed E-state index contributed by atoms with van der Waals surface area (Å²) in [6.45, 7) is 1.44. The van der Waals surface area contributed by atoms with Crippen molar-refractivity contribution in [1.29, 1.82) is 0 Å². The standard InChI is InChI=1S/C12H12FN3O3/c1-2-16(5-10(17)18)12(19)8-3-7(13)4-9-11(8)15-6-14-9/h3-4,6H,2,5H2,1H3,(H,14,15)(H,17,18). The second-order valence-electron chi connectivity index (χ2n) is 3.97. The monoisotopic (exact) mass is 265 g/mol. The van der Waals surface area contributed by atoms with Gasteiger partial charge < -0.3 is 15.0 Å². The molecule has 0 bridgehead atoms. The molecule has 0 saturated carbocycles. The van der Waals surface area contributed by atoms with E-state index in [4.69, 9.17) is 5.11 Å². The van der Waals surface area contributed by atoms with Gasteiger partial charge in [-0.1, -0.05) is 0 Å². The molecule has 0 fully saturated rings. The zero-order valence-electron chi connectivity index (χ0n) is 10.2. The molecule has 0 atom stereocenters. The zero-order valence-corrected chi connectivity index (χ0v) is 10.2. The van der Waals surface area contributed by atoms with E-state index in [2.05, 4.69) is 9.97 Å². The summed E-state index contributed by atoms with van der Waals surface area (Å²) in [6.07, 6.45) is 1.36. The molecule has 6 nitrogen and oxygen atoms in total. The van der Waals surface area contributed by atoms with E-state index < -0.39 is 24.2 Å². The van der Waals surface area contributed by atoms with Gasteiger partial charge in [-0.15, -0.1) is 0 Å². The largest absolute Gasteiger partial charge is 0.480 e. The van der Waals surface area contributed by atoms with Crippen molar-refractivity contribution in [2.75, 3.05) is 13.1 Å². The maximum atomic E-state index is 13.4. The SMILES string of the molecule is CCN(CC(=O)O)C(=O)c1cc(F)cc2[nH]cnc12. The second kappa shape index (κ2) is 5.05. The van der Waals surface area contributed by atoms with Crippen LogP contribution in [0.5, 0.6) is 0 Å². The van der Waals surface area contributed by atoms with Crippen molar-refractivity contribution in [2.24, 2.45) is 0 Å². The molecule has 0 aliphatic carbocycles. The first-order valence-corrected chi connectivity index (χ1v) is 5.66. The molecule has 0 saturated heterocycles. The molecule has 1 heterocycles. The number of benzene rings is 1. The minimum Gasteiger partial charge on any atom is -0.480 e. The third-order valence-corrected chi connectivity index (χ3v) is 2.71. The number of H-pyrrole nitrogens is 1. The van der Waals surface area contributed by atoms with Crippen LogP contribution in [0.3, 0.4) is 0 Å². The predicted molar refractivity (Wildman–Crippen MR) is 65.3 cm³/mol. The Balaban J connectivity index is 2.45. The van der Waals surface area contributed by atoms with Crippen molar-refractivity contribution in [3.8, 4) is 0 Å². The molecule has 2 rings (SSSR count). The smallest absolute Gasteiger partial charge is 0.323 e. The average Bonchev–Trinajstić information content (AvgIpc) is 2.81. The van der Waals surface area contributed by atoms with Crippen molar-refractivity contribution >= 4 is 22.9 Å². The predicted octanol–water partition coefficient (Wildman–Crippen LogP) is 1.25. The zero-order chi connectivity index (χ0) is 14.0. The lowest BCUT2D eigenvalue weighted by Gasteiger charge is -2.18. The average molecular weight is 265 g/mol.